The maximum Gasteiger partial charge on any atom is 0.164 e. The molecule has 0 rings (SSSR count). The average molecular weight is 268 g/mol. The van der Waals surface area contributed by atoms with Gasteiger partial charge in [0.2, 0.25) is 0 Å². The highest BCUT2D eigenvalue weighted by molar-refractivity contribution is 7.80. The minimum Gasteiger partial charge on any atom is -0.394 e. The van der Waals surface area contributed by atoms with Gasteiger partial charge in [-0.1, -0.05) is 0 Å². The SMILES string of the molecule is O=C(CCCCS)[C@H](O)[C@@H](O)[C@H](O)[C@H](O)CO. The van der Waals surface area contributed by atoms with E-state index in [4.69, 9.17) is 10.2 Å². The summed E-state index contributed by atoms with van der Waals surface area (Å²) in [6.07, 6.45) is -5.61. The lowest BCUT2D eigenvalue weighted by molar-refractivity contribution is -0.147. The molecule has 0 heterocycles. The van der Waals surface area contributed by atoms with Crippen LogP contribution in [0.4, 0.5) is 0 Å². The number of rotatable bonds is 9. The zero-order valence-electron chi connectivity index (χ0n) is 9.44. The quantitative estimate of drug-likeness (QED) is 0.215. The van der Waals surface area contributed by atoms with Gasteiger partial charge in [0.15, 0.2) is 5.78 Å². The van der Waals surface area contributed by atoms with Gasteiger partial charge < -0.3 is 25.5 Å². The minimum atomic E-state index is -1.80. The lowest BCUT2D eigenvalue weighted by Crippen LogP contribution is -2.48. The molecule has 6 nitrogen and oxygen atoms in total. The fraction of sp³-hybridized carbons (Fsp3) is 0.900. The smallest absolute Gasteiger partial charge is 0.164 e. The van der Waals surface area contributed by atoms with Gasteiger partial charge in [0, 0.05) is 6.42 Å². The highest BCUT2D eigenvalue weighted by Crippen LogP contribution is 2.09. The molecular formula is C10H20O6S. The summed E-state index contributed by atoms with van der Waals surface area (Å²) in [6, 6.07) is 0. The van der Waals surface area contributed by atoms with Gasteiger partial charge in [-0.05, 0) is 18.6 Å². The van der Waals surface area contributed by atoms with E-state index in [1.165, 1.54) is 0 Å². The number of aliphatic hydroxyl groups is 5. The molecule has 17 heavy (non-hydrogen) atoms. The van der Waals surface area contributed by atoms with E-state index in [9.17, 15) is 20.1 Å². The van der Waals surface area contributed by atoms with E-state index in [1.807, 2.05) is 0 Å². The number of Topliss-reactive ketones (excluding diaryl/α,β-unsaturated/α-hetero) is 1. The number of aliphatic hydroxyl groups excluding tert-OH is 5. The van der Waals surface area contributed by atoms with E-state index in [1.54, 1.807) is 0 Å². The Bertz CT molecular complexity index is 225. The zero-order chi connectivity index (χ0) is 13.4. The normalized spacial score (nSPS) is 18.5. The van der Waals surface area contributed by atoms with Crippen LogP contribution in [0.3, 0.4) is 0 Å². The molecule has 0 aromatic carbocycles. The lowest BCUT2D eigenvalue weighted by atomic mass is 9.98. The Hall–Kier alpha value is -0.180. The van der Waals surface area contributed by atoms with Crippen LogP contribution in [0.1, 0.15) is 19.3 Å². The first kappa shape index (κ1) is 16.8. The number of hydrogen-bond donors (Lipinski definition) is 6. The van der Waals surface area contributed by atoms with Gasteiger partial charge in [-0.2, -0.15) is 12.6 Å². The summed E-state index contributed by atoms with van der Waals surface area (Å²) in [6.45, 7) is -0.765. The molecule has 0 aliphatic carbocycles. The van der Waals surface area contributed by atoms with Crippen molar-refractivity contribution in [2.24, 2.45) is 0 Å². The van der Waals surface area contributed by atoms with Crippen LogP contribution in [-0.2, 0) is 4.79 Å². The summed E-state index contributed by atoms with van der Waals surface area (Å²) >= 11 is 3.96. The van der Waals surface area contributed by atoms with Gasteiger partial charge in [0.05, 0.1) is 6.61 Å². The topological polar surface area (TPSA) is 118 Å². The van der Waals surface area contributed by atoms with Gasteiger partial charge in [0.25, 0.3) is 0 Å². The van der Waals surface area contributed by atoms with Crippen LogP contribution in [0.2, 0.25) is 0 Å². The van der Waals surface area contributed by atoms with Crippen molar-refractivity contribution < 1.29 is 30.3 Å². The second kappa shape index (κ2) is 8.84. The summed E-state index contributed by atoms with van der Waals surface area (Å²) in [5, 5.41) is 45.7. The number of carbonyl (C=O) groups excluding carboxylic acids is 1. The van der Waals surface area contributed by atoms with E-state index >= 15 is 0 Å². The zero-order valence-corrected chi connectivity index (χ0v) is 10.3. The summed E-state index contributed by atoms with van der Waals surface area (Å²) in [5.41, 5.74) is 0. The molecule has 0 spiro atoms. The maximum atomic E-state index is 11.4. The van der Waals surface area contributed by atoms with Gasteiger partial charge in [0.1, 0.15) is 24.4 Å². The standard InChI is InChI=1S/C10H20O6S/c11-5-7(13)9(15)10(16)8(14)6(12)3-1-2-4-17/h7-11,13-17H,1-5H2/t7-,8+,9-,10-/m1/s1. The number of unbranched alkanes of at least 4 members (excludes halogenated alkanes) is 1. The molecule has 102 valence electrons. The van der Waals surface area contributed by atoms with Gasteiger partial charge >= 0.3 is 0 Å². The second-order valence-electron chi connectivity index (χ2n) is 3.82. The molecular weight excluding hydrogens is 248 g/mol. The monoisotopic (exact) mass is 268 g/mol. The van der Waals surface area contributed by atoms with Crippen LogP contribution in [0, 0.1) is 0 Å². The van der Waals surface area contributed by atoms with Crippen LogP contribution in [0.25, 0.3) is 0 Å². The van der Waals surface area contributed by atoms with Crippen molar-refractivity contribution in [3.05, 3.63) is 0 Å². The third kappa shape index (κ3) is 5.80. The summed E-state index contributed by atoms with van der Waals surface area (Å²) < 4.78 is 0. The maximum absolute atomic E-state index is 11.4. The number of thiol groups is 1. The molecule has 0 aromatic rings. The summed E-state index contributed by atoms with van der Waals surface area (Å²) in [4.78, 5) is 11.4. The number of hydrogen-bond acceptors (Lipinski definition) is 7. The first-order valence-electron chi connectivity index (χ1n) is 5.42. The molecule has 5 N–H and O–H groups in total. The predicted octanol–water partition coefficient (Wildman–Crippen LogP) is -1.91. The second-order valence-corrected chi connectivity index (χ2v) is 4.27. The van der Waals surface area contributed by atoms with Crippen molar-refractivity contribution in [2.75, 3.05) is 12.4 Å². The van der Waals surface area contributed by atoms with Gasteiger partial charge in [-0.15, -0.1) is 0 Å². The molecule has 0 radical (unpaired) electrons. The highest BCUT2D eigenvalue weighted by atomic mass is 32.1. The third-order valence-electron chi connectivity index (χ3n) is 2.42. The van der Waals surface area contributed by atoms with Crippen molar-refractivity contribution in [2.45, 2.75) is 43.7 Å². The Morgan fingerprint density at radius 2 is 1.65 bits per heavy atom. The van der Waals surface area contributed by atoms with E-state index < -0.39 is 36.8 Å². The van der Waals surface area contributed by atoms with Crippen molar-refractivity contribution in [1.82, 2.24) is 0 Å². The van der Waals surface area contributed by atoms with Crippen molar-refractivity contribution in [3.63, 3.8) is 0 Å². The molecule has 0 aliphatic heterocycles. The van der Waals surface area contributed by atoms with E-state index in [2.05, 4.69) is 12.6 Å². The van der Waals surface area contributed by atoms with Crippen LogP contribution >= 0.6 is 12.6 Å². The number of carbonyl (C=O) groups is 1. The molecule has 0 aromatic heterocycles. The molecule has 0 aliphatic rings. The molecule has 0 fully saturated rings. The van der Waals surface area contributed by atoms with Crippen molar-refractivity contribution in [1.29, 1.82) is 0 Å². The van der Waals surface area contributed by atoms with E-state index in [-0.39, 0.29) is 6.42 Å². The summed E-state index contributed by atoms with van der Waals surface area (Å²) in [5.74, 6) is 0.0149. The predicted molar refractivity (Wildman–Crippen MR) is 63.8 cm³/mol. The largest absolute Gasteiger partial charge is 0.394 e. The molecule has 0 unspecified atom stereocenters. The minimum absolute atomic E-state index is 0.0702. The Labute approximate surface area is 105 Å². The Kier molecular flexibility index (Phi) is 8.75. The fourth-order valence-corrected chi connectivity index (χ4v) is 1.50. The first-order valence-corrected chi connectivity index (χ1v) is 6.05. The Morgan fingerprint density at radius 3 is 2.12 bits per heavy atom. The Morgan fingerprint density at radius 1 is 1.06 bits per heavy atom. The lowest BCUT2D eigenvalue weighted by Gasteiger charge is -2.24. The molecule has 0 amide bonds. The van der Waals surface area contributed by atoms with Crippen LogP contribution in [0.15, 0.2) is 0 Å². The molecule has 4 atom stereocenters. The molecule has 0 saturated carbocycles. The molecule has 7 heteroatoms. The average Bonchev–Trinajstić information content (AvgIpc) is 2.35. The Balaban J connectivity index is 4.18. The van der Waals surface area contributed by atoms with Gasteiger partial charge in [-0.3, -0.25) is 4.79 Å². The molecule has 0 saturated heterocycles. The van der Waals surface area contributed by atoms with Crippen LogP contribution < -0.4 is 0 Å². The van der Waals surface area contributed by atoms with Gasteiger partial charge in [-0.25, -0.2) is 0 Å². The van der Waals surface area contributed by atoms with Crippen LogP contribution in [-0.4, -0.2) is 68.1 Å². The van der Waals surface area contributed by atoms with E-state index in [0.29, 0.717) is 18.6 Å². The van der Waals surface area contributed by atoms with Crippen LogP contribution in [0.5, 0.6) is 0 Å². The van der Waals surface area contributed by atoms with Crippen molar-refractivity contribution in [3.8, 4) is 0 Å². The fourth-order valence-electron chi connectivity index (χ4n) is 1.27. The first-order chi connectivity index (χ1) is 7.95. The third-order valence-corrected chi connectivity index (χ3v) is 2.73. The molecule has 0 bridgehead atoms. The van der Waals surface area contributed by atoms with Crippen molar-refractivity contribution >= 4 is 18.4 Å². The number of ketones is 1. The summed E-state index contributed by atoms with van der Waals surface area (Å²) in [7, 11) is 0. The highest BCUT2D eigenvalue weighted by Gasteiger charge is 2.33. The van der Waals surface area contributed by atoms with E-state index in [0.717, 1.165) is 0 Å².